The molecule has 0 radical (unpaired) electrons. The molecule has 0 atom stereocenters. The summed E-state index contributed by atoms with van der Waals surface area (Å²) >= 11 is 0. The normalized spacial score (nSPS) is 10.8. The zero-order valence-corrected chi connectivity index (χ0v) is 10.2. The molecule has 0 heterocycles. The van der Waals surface area contributed by atoms with Crippen molar-refractivity contribution in [1.82, 2.24) is 0 Å². The maximum Gasteiger partial charge on any atom is 0.309 e. The van der Waals surface area contributed by atoms with Gasteiger partial charge in [-0.1, -0.05) is 19.9 Å². The van der Waals surface area contributed by atoms with Crippen molar-refractivity contribution < 1.29 is 19.1 Å². The third-order valence-corrected chi connectivity index (χ3v) is 1.75. The lowest BCUT2D eigenvalue weighted by Gasteiger charge is -2.14. The van der Waals surface area contributed by atoms with Crippen molar-refractivity contribution in [3.63, 3.8) is 0 Å². The van der Waals surface area contributed by atoms with E-state index in [0.717, 1.165) is 0 Å². The maximum absolute atomic E-state index is 11.2. The van der Waals surface area contributed by atoms with Crippen LogP contribution in [0.15, 0.2) is 12.2 Å². The summed E-state index contributed by atoms with van der Waals surface area (Å²) in [6.45, 7) is 5.54. The summed E-state index contributed by atoms with van der Waals surface area (Å²) in [4.78, 5) is 22.4. The summed E-state index contributed by atoms with van der Waals surface area (Å²) in [6, 6.07) is 0. The standard InChI is InChI=1S/C12H20O4/c1-4-7-10(13)15-12(9-6-3)16-11(14)8-5-2/h6,9,12H,4-5,7-8H2,1-3H3. The molecule has 0 aromatic rings. The van der Waals surface area contributed by atoms with Gasteiger partial charge >= 0.3 is 11.9 Å². The van der Waals surface area contributed by atoms with E-state index < -0.39 is 6.29 Å². The first-order valence-corrected chi connectivity index (χ1v) is 5.65. The summed E-state index contributed by atoms with van der Waals surface area (Å²) in [6.07, 6.45) is 4.43. The molecule has 4 heteroatoms. The van der Waals surface area contributed by atoms with Gasteiger partial charge in [-0.3, -0.25) is 9.59 Å². The molecular formula is C12H20O4. The first-order chi connectivity index (χ1) is 7.63. The lowest BCUT2D eigenvalue weighted by atomic mass is 10.3. The smallest absolute Gasteiger partial charge is 0.309 e. The molecule has 0 amide bonds. The van der Waals surface area contributed by atoms with Crippen LogP contribution in [0.2, 0.25) is 0 Å². The van der Waals surface area contributed by atoms with Gasteiger partial charge in [-0.25, -0.2) is 0 Å². The second kappa shape index (κ2) is 8.95. The average Bonchev–Trinajstić information content (AvgIpc) is 2.18. The van der Waals surface area contributed by atoms with Crippen LogP contribution in [0.3, 0.4) is 0 Å². The van der Waals surface area contributed by atoms with Gasteiger partial charge in [0, 0.05) is 12.8 Å². The van der Waals surface area contributed by atoms with E-state index in [4.69, 9.17) is 9.47 Å². The number of allylic oxidation sites excluding steroid dienone is 1. The molecular weight excluding hydrogens is 208 g/mol. The van der Waals surface area contributed by atoms with Crippen LogP contribution in [0.5, 0.6) is 0 Å². The highest BCUT2D eigenvalue weighted by atomic mass is 16.7. The Morgan fingerprint density at radius 3 is 1.81 bits per heavy atom. The van der Waals surface area contributed by atoms with Crippen LogP contribution in [-0.4, -0.2) is 18.2 Å². The van der Waals surface area contributed by atoms with Crippen LogP contribution < -0.4 is 0 Å². The molecule has 4 nitrogen and oxygen atoms in total. The highest BCUT2D eigenvalue weighted by Gasteiger charge is 2.14. The summed E-state index contributed by atoms with van der Waals surface area (Å²) < 4.78 is 9.96. The Morgan fingerprint density at radius 1 is 1.06 bits per heavy atom. The summed E-state index contributed by atoms with van der Waals surface area (Å²) in [5.41, 5.74) is 0. The van der Waals surface area contributed by atoms with Crippen molar-refractivity contribution in [1.29, 1.82) is 0 Å². The van der Waals surface area contributed by atoms with Gasteiger partial charge in [0.15, 0.2) is 0 Å². The number of esters is 2. The van der Waals surface area contributed by atoms with Crippen LogP contribution >= 0.6 is 0 Å². The van der Waals surface area contributed by atoms with E-state index in [1.807, 2.05) is 13.8 Å². The molecule has 0 N–H and O–H groups in total. The van der Waals surface area contributed by atoms with Gasteiger partial charge in [0.1, 0.15) is 0 Å². The number of rotatable bonds is 7. The van der Waals surface area contributed by atoms with Crippen molar-refractivity contribution in [2.75, 3.05) is 0 Å². The summed E-state index contributed by atoms with van der Waals surface area (Å²) in [7, 11) is 0. The molecule has 0 aromatic heterocycles. The van der Waals surface area contributed by atoms with E-state index in [-0.39, 0.29) is 11.9 Å². The van der Waals surface area contributed by atoms with Gasteiger partial charge in [-0.15, -0.1) is 0 Å². The Bertz CT molecular complexity index is 225. The number of carbonyl (C=O) groups is 2. The Labute approximate surface area is 96.6 Å². The lowest BCUT2D eigenvalue weighted by Crippen LogP contribution is -2.22. The first-order valence-electron chi connectivity index (χ1n) is 5.65. The Kier molecular flexibility index (Phi) is 8.21. The fourth-order valence-corrected chi connectivity index (χ4v) is 1.04. The van der Waals surface area contributed by atoms with Crippen LogP contribution in [0.1, 0.15) is 46.5 Å². The van der Waals surface area contributed by atoms with Crippen LogP contribution in [0, 0.1) is 0 Å². The topological polar surface area (TPSA) is 52.6 Å². The molecule has 0 bridgehead atoms. The second-order valence-corrected chi connectivity index (χ2v) is 3.37. The van der Waals surface area contributed by atoms with Gasteiger partial charge in [0.05, 0.1) is 0 Å². The number of ether oxygens (including phenoxy) is 2. The van der Waals surface area contributed by atoms with Gasteiger partial charge in [0.2, 0.25) is 0 Å². The molecule has 0 aliphatic rings. The van der Waals surface area contributed by atoms with Crippen molar-refractivity contribution >= 4 is 11.9 Å². The zero-order valence-electron chi connectivity index (χ0n) is 10.2. The molecule has 0 saturated heterocycles. The Hall–Kier alpha value is -1.32. The first kappa shape index (κ1) is 14.7. The highest BCUT2D eigenvalue weighted by Crippen LogP contribution is 2.04. The van der Waals surface area contributed by atoms with E-state index in [2.05, 4.69) is 0 Å². The van der Waals surface area contributed by atoms with Crippen molar-refractivity contribution in [3.05, 3.63) is 12.2 Å². The summed E-state index contributed by atoms with van der Waals surface area (Å²) in [5.74, 6) is -0.704. The third-order valence-electron chi connectivity index (χ3n) is 1.75. The minimum absolute atomic E-state index is 0.333. The number of hydrogen-bond acceptors (Lipinski definition) is 4. The van der Waals surface area contributed by atoms with Gasteiger partial charge in [-0.2, -0.15) is 0 Å². The summed E-state index contributed by atoms with van der Waals surface area (Å²) in [5, 5.41) is 0. The molecule has 0 rings (SSSR count). The second-order valence-electron chi connectivity index (χ2n) is 3.37. The largest absolute Gasteiger partial charge is 0.421 e. The SMILES string of the molecule is CC=CC(OC(=O)CCC)OC(=O)CCC. The Balaban J connectivity index is 4.16. The zero-order chi connectivity index (χ0) is 12.4. The monoisotopic (exact) mass is 228 g/mol. The van der Waals surface area contributed by atoms with E-state index in [9.17, 15) is 9.59 Å². The minimum atomic E-state index is -0.886. The predicted octanol–water partition coefficient (Wildman–Crippen LogP) is 2.58. The molecule has 0 aromatic carbocycles. The van der Waals surface area contributed by atoms with Crippen LogP contribution in [0.25, 0.3) is 0 Å². The fraction of sp³-hybridized carbons (Fsp3) is 0.667. The highest BCUT2D eigenvalue weighted by molar-refractivity contribution is 5.71. The van der Waals surface area contributed by atoms with Crippen LogP contribution in [-0.2, 0) is 19.1 Å². The van der Waals surface area contributed by atoms with Crippen molar-refractivity contribution in [2.24, 2.45) is 0 Å². The van der Waals surface area contributed by atoms with Crippen molar-refractivity contribution in [3.8, 4) is 0 Å². The minimum Gasteiger partial charge on any atom is -0.421 e. The van der Waals surface area contributed by atoms with E-state index in [1.165, 1.54) is 0 Å². The Morgan fingerprint density at radius 2 is 1.50 bits per heavy atom. The third kappa shape index (κ3) is 7.04. The van der Waals surface area contributed by atoms with Gasteiger partial charge in [0.25, 0.3) is 6.29 Å². The molecule has 0 unspecified atom stereocenters. The molecule has 0 saturated carbocycles. The molecule has 0 fully saturated rings. The lowest BCUT2D eigenvalue weighted by molar-refractivity contribution is -0.179. The molecule has 0 aliphatic carbocycles. The molecule has 92 valence electrons. The van der Waals surface area contributed by atoms with Crippen molar-refractivity contribution in [2.45, 2.75) is 52.7 Å². The quantitative estimate of drug-likeness (QED) is 0.382. The van der Waals surface area contributed by atoms with Gasteiger partial charge in [-0.05, 0) is 25.8 Å². The van der Waals surface area contributed by atoms with Gasteiger partial charge < -0.3 is 9.47 Å². The van der Waals surface area contributed by atoms with E-state index in [0.29, 0.717) is 25.7 Å². The van der Waals surface area contributed by atoms with E-state index >= 15 is 0 Å². The molecule has 0 aliphatic heterocycles. The average molecular weight is 228 g/mol. The molecule has 0 spiro atoms. The van der Waals surface area contributed by atoms with Crippen LogP contribution in [0.4, 0.5) is 0 Å². The fourth-order valence-electron chi connectivity index (χ4n) is 1.04. The number of carbonyl (C=O) groups excluding carboxylic acids is 2. The predicted molar refractivity (Wildman–Crippen MR) is 60.6 cm³/mol. The molecule has 16 heavy (non-hydrogen) atoms. The van der Waals surface area contributed by atoms with E-state index in [1.54, 1.807) is 19.1 Å². The maximum atomic E-state index is 11.2. The number of hydrogen-bond donors (Lipinski definition) is 0.